The first-order valence-corrected chi connectivity index (χ1v) is 9.37. The third kappa shape index (κ3) is 4.35. The number of halogens is 1. The SMILES string of the molecule is CCc1nccn1CC(C)C(=O)Nc1ncc(Cc2ccccc2F)s1. The van der Waals surface area contributed by atoms with Crippen molar-refractivity contribution in [1.82, 2.24) is 14.5 Å². The van der Waals surface area contributed by atoms with E-state index in [0.29, 0.717) is 23.7 Å². The summed E-state index contributed by atoms with van der Waals surface area (Å²) in [6, 6.07) is 6.68. The number of nitrogens with one attached hydrogen (secondary N) is 1. The van der Waals surface area contributed by atoms with E-state index in [1.807, 2.05) is 30.7 Å². The second-order valence-corrected chi connectivity index (χ2v) is 7.25. The molecule has 2 aromatic heterocycles. The first-order chi connectivity index (χ1) is 12.6. The Morgan fingerprint density at radius 3 is 2.92 bits per heavy atom. The van der Waals surface area contributed by atoms with Gasteiger partial charge in [-0.05, 0) is 11.6 Å². The summed E-state index contributed by atoms with van der Waals surface area (Å²) in [6.07, 6.45) is 6.61. The number of carbonyl (C=O) groups excluding carboxylic acids is 1. The Kier molecular flexibility index (Phi) is 5.78. The first-order valence-electron chi connectivity index (χ1n) is 8.55. The van der Waals surface area contributed by atoms with Crippen LogP contribution in [0.5, 0.6) is 0 Å². The number of nitrogens with zero attached hydrogens (tertiary/aromatic N) is 3. The second kappa shape index (κ2) is 8.23. The highest BCUT2D eigenvalue weighted by atomic mass is 32.1. The molecule has 0 saturated carbocycles. The van der Waals surface area contributed by atoms with Crippen LogP contribution in [0.2, 0.25) is 0 Å². The monoisotopic (exact) mass is 372 g/mol. The Labute approximate surface area is 155 Å². The maximum absolute atomic E-state index is 13.7. The Morgan fingerprint density at radius 1 is 1.35 bits per heavy atom. The van der Waals surface area contributed by atoms with Gasteiger partial charge in [0.1, 0.15) is 11.6 Å². The van der Waals surface area contributed by atoms with Gasteiger partial charge < -0.3 is 9.88 Å². The highest BCUT2D eigenvalue weighted by Crippen LogP contribution is 2.23. The van der Waals surface area contributed by atoms with Crippen molar-refractivity contribution in [1.29, 1.82) is 0 Å². The van der Waals surface area contributed by atoms with Crippen LogP contribution >= 0.6 is 11.3 Å². The van der Waals surface area contributed by atoms with E-state index in [-0.39, 0.29) is 17.6 Å². The fourth-order valence-corrected chi connectivity index (χ4v) is 3.54. The molecule has 2 heterocycles. The van der Waals surface area contributed by atoms with Crippen LogP contribution < -0.4 is 5.32 Å². The van der Waals surface area contributed by atoms with Crippen molar-refractivity contribution in [3.63, 3.8) is 0 Å². The normalized spacial score (nSPS) is 12.1. The van der Waals surface area contributed by atoms with Gasteiger partial charge in [0.25, 0.3) is 0 Å². The summed E-state index contributed by atoms with van der Waals surface area (Å²) >= 11 is 1.37. The van der Waals surface area contributed by atoms with Gasteiger partial charge in [0.2, 0.25) is 5.91 Å². The summed E-state index contributed by atoms with van der Waals surface area (Å²) in [5.41, 5.74) is 0.620. The van der Waals surface area contributed by atoms with E-state index in [9.17, 15) is 9.18 Å². The van der Waals surface area contributed by atoms with Crippen molar-refractivity contribution in [3.05, 3.63) is 64.9 Å². The van der Waals surface area contributed by atoms with Gasteiger partial charge in [0, 0.05) is 42.9 Å². The molecule has 0 radical (unpaired) electrons. The van der Waals surface area contributed by atoms with E-state index >= 15 is 0 Å². The predicted molar refractivity (Wildman–Crippen MR) is 101 cm³/mol. The number of thiazole rings is 1. The summed E-state index contributed by atoms with van der Waals surface area (Å²) < 4.78 is 15.7. The molecule has 0 fully saturated rings. The number of aryl methyl sites for hydroxylation is 1. The zero-order chi connectivity index (χ0) is 18.5. The molecule has 7 heteroatoms. The molecular formula is C19H21FN4OS. The molecule has 0 saturated heterocycles. The van der Waals surface area contributed by atoms with Crippen molar-refractivity contribution >= 4 is 22.4 Å². The van der Waals surface area contributed by atoms with Gasteiger partial charge in [-0.15, -0.1) is 11.3 Å². The van der Waals surface area contributed by atoms with E-state index < -0.39 is 0 Å². The fraction of sp³-hybridized carbons (Fsp3) is 0.316. The topological polar surface area (TPSA) is 59.8 Å². The standard InChI is InChI=1S/C19H21FN4OS/c1-3-17-21-8-9-24(17)12-13(2)18(25)23-19-22-11-15(26-19)10-14-6-4-5-7-16(14)20/h4-9,11,13H,3,10,12H2,1-2H3,(H,22,23,25). The number of hydrogen-bond acceptors (Lipinski definition) is 4. The lowest BCUT2D eigenvalue weighted by Crippen LogP contribution is -2.24. The molecule has 136 valence electrons. The molecule has 5 nitrogen and oxygen atoms in total. The first kappa shape index (κ1) is 18.3. The number of aromatic nitrogens is 3. The molecular weight excluding hydrogens is 351 g/mol. The zero-order valence-corrected chi connectivity index (χ0v) is 15.6. The van der Waals surface area contributed by atoms with Crippen LogP contribution in [0.15, 0.2) is 42.9 Å². The van der Waals surface area contributed by atoms with Crippen molar-refractivity contribution in [2.75, 3.05) is 5.32 Å². The Bertz CT molecular complexity index is 889. The Morgan fingerprint density at radius 2 is 2.15 bits per heavy atom. The number of benzene rings is 1. The third-order valence-electron chi connectivity index (χ3n) is 4.14. The highest BCUT2D eigenvalue weighted by molar-refractivity contribution is 7.15. The van der Waals surface area contributed by atoms with Crippen LogP contribution in [0, 0.1) is 11.7 Å². The van der Waals surface area contributed by atoms with Gasteiger partial charge in [-0.1, -0.05) is 32.0 Å². The number of imidazole rings is 1. The van der Waals surface area contributed by atoms with Gasteiger partial charge in [-0.25, -0.2) is 14.4 Å². The van der Waals surface area contributed by atoms with Crippen molar-refractivity contribution < 1.29 is 9.18 Å². The number of amides is 1. The Balaban J connectivity index is 1.59. The molecule has 0 aliphatic heterocycles. The van der Waals surface area contributed by atoms with E-state index in [1.165, 1.54) is 17.4 Å². The average Bonchev–Trinajstić information content (AvgIpc) is 3.26. The maximum Gasteiger partial charge on any atom is 0.230 e. The maximum atomic E-state index is 13.7. The summed E-state index contributed by atoms with van der Waals surface area (Å²) in [4.78, 5) is 21.8. The lowest BCUT2D eigenvalue weighted by atomic mass is 10.1. The summed E-state index contributed by atoms with van der Waals surface area (Å²) in [6.45, 7) is 4.49. The molecule has 3 aromatic rings. The van der Waals surface area contributed by atoms with Crippen LogP contribution in [-0.2, 0) is 24.2 Å². The predicted octanol–water partition coefficient (Wildman–Crippen LogP) is 3.91. The molecule has 0 bridgehead atoms. The number of rotatable bonds is 7. The van der Waals surface area contributed by atoms with Gasteiger partial charge in [0.05, 0.1) is 5.92 Å². The largest absolute Gasteiger partial charge is 0.334 e. The lowest BCUT2D eigenvalue weighted by molar-refractivity contribution is -0.119. The van der Waals surface area contributed by atoms with E-state index in [1.54, 1.807) is 24.5 Å². The summed E-state index contributed by atoms with van der Waals surface area (Å²) in [5, 5.41) is 3.39. The minimum absolute atomic E-state index is 0.0902. The molecule has 1 unspecified atom stereocenters. The molecule has 0 spiro atoms. The molecule has 1 amide bonds. The number of anilines is 1. The van der Waals surface area contributed by atoms with Crippen LogP contribution in [-0.4, -0.2) is 20.4 Å². The number of carbonyl (C=O) groups is 1. The minimum Gasteiger partial charge on any atom is -0.334 e. The van der Waals surface area contributed by atoms with Gasteiger partial charge in [-0.2, -0.15) is 0 Å². The molecule has 0 aliphatic carbocycles. The zero-order valence-electron chi connectivity index (χ0n) is 14.8. The average molecular weight is 372 g/mol. The number of hydrogen-bond donors (Lipinski definition) is 1. The van der Waals surface area contributed by atoms with Crippen molar-refractivity contribution in [3.8, 4) is 0 Å². The highest BCUT2D eigenvalue weighted by Gasteiger charge is 2.17. The smallest absolute Gasteiger partial charge is 0.230 e. The van der Waals surface area contributed by atoms with Gasteiger partial charge >= 0.3 is 0 Å². The van der Waals surface area contributed by atoms with Crippen LogP contribution in [0.25, 0.3) is 0 Å². The van der Waals surface area contributed by atoms with Crippen LogP contribution in [0.3, 0.4) is 0 Å². The second-order valence-electron chi connectivity index (χ2n) is 6.14. The minimum atomic E-state index is -0.229. The summed E-state index contributed by atoms with van der Waals surface area (Å²) in [5.74, 6) is 0.430. The van der Waals surface area contributed by atoms with Crippen LogP contribution in [0.4, 0.5) is 9.52 Å². The molecule has 26 heavy (non-hydrogen) atoms. The third-order valence-corrected chi connectivity index (χ3v) is 5.06. The lowest BCUT2D eigenvalue weighted by Gasteiger charge is -2.13. The molecule has 0 aliphatic rings. The quantitative estimate of drug-likeness (QED) is 0.684. The fourth-order valence-electron chi connectivity index (χ4n) is 2.70. The van der Waals surface area contributed by atoms with E-state index in [4.69, 9.17) is 0 Å². The van der Waals surface area contributed by atoms with Crippen LogP contribution in [0.1, 0.15) is 30.1 Å². The van der Waals surface area contributed by atoms with E-state index in [0.717, 1.165) is 17.1 Å². The van der Waals surface area contributed by atoms with Gasteiger partial charge in [0.15, 0.2) is 5.13 Å². The molecule has 1 N–H and O–H groups in total. The summed E-state index contributed by atoms with van der Waals surface area (Å²) in [7, 11) is 0. The van der Waals surface area contributed by atoms with Crippen molar-refractivity contribution in [2.24, 2.45) is 5.92 Å². The molecule has 1 aromatic carbocycles. The van der Waals surface area contributed by atoms with E-state index in [2.05, 4.69) is 15.3 Å². The molecule has 1 atom stereocenters. The Hall–Kier alpha value is -2.54. The van der Waals surface area contributed by atoms with Crippen molar-refractivity contribution in [2.45, 2.75) is 33.2 Å². The molecule has 3 rings (SSSR count). The van der Waals surface area contributed by atoms with Gasteiger partial charge in [-0.3, -0.25) is 4.79 Å².